The predicted octanol–water partition coefficient (Wildman–Crippen LogP) is 4.19. The summed E-state index contributed by atoms with van der Waals surface area (Å²) in [6.45, 7) is 6.57. The number of aromatic nitrogens is 4. The molecule has 0 bridgehead atoms. The van der Waals surface area contributed by atoms with E-state index in [1.807, 2.05) is 24.3 Å². The van der Waals surface area contributed by atoms with Crippen LogP contribution in [0.1, 0.15) is 6.42 Å². The maximum absolute atomic E-state index is 6.15. The second-order valence-electron chi connectivity index (χ2n) is 6.84. The zero-order chi connectivity index (χ0) is 18.4. The van der Waals surface area contributed by atoms with Gasteiger partial charge in [-0.25, -0.2) is 4.98 Å². The first-order chi connectivity index (χ1) is 13.2. The molecular formula is C20H19ClN5O. The van der Waals surface area contributed by atoms with Gasteiger partial charge in [0, 0.05) is 35.8 Å². The zero-order valence-corrected chi connectivity index (χ0v) is 15.5. The summed E-state index contributed by atoms with van der Waals surface area (Å²) in [5, 5.41) is 9.09. The van der Waals surface area contributed by atoms with Gasteiger partial charge < -0.3 is 14.6 Å². The quantitative estimate of drug-likeness (QED) is 0.547. The lowest BCUT2D eigenvalue weighted by molar-refractivity contribution is 0.0993. The Morgan fingerprint density at radius 2 is 2.11 bits per heavy atom. The highest BCUT2D eigenvalue weighted by molar-refractivity contribution is 6.31. The Labute approximate surface area is 161 Å². The van der Waals surface area contributed by atoms with Crippen LogP contribution in [0.2, 0.25) is 5.02 Å². The molecule has 1 saturated heterocycles. The van der Waals surface area contributed by atoms with Gasteiger partial charge in [0.15, 0.2) is 5.82 Å². The minimum atomic E-state index is -0.0132. The van der Waals surface area contributed by atoms with E-state index in [9.17, 15) is 0 Å². The zero-order valence-electron chi connectivity index (χ0n) is 14.7. The Kier molecular flexibility index (Phi) is 4.02. The fourth-order valence-electron chi connectivity index (χ4n) is 3.60. The Morgan fingerprint density at radius 3 is 3.04 bits per heavy atom. The molecule has 27 heavy (non-hydrogen) atoms. The summed E-state index contributed by atoms with van der Waals surface area (Å²) in [5.41, 5.74) is 4.73. The molecule has 1 atom stereocenters. The molecular weight excluding hydrogens is 362 g/mol. The maximum atomic E-state index is 6.15. The number of hydrogen-bond acceptors (Lipinski definition) is 4. The number of halogens is 1. The number of H-pyrrole nitrogens is 2. The van der Waals surface area contributed by atoms with Crippen LogP contribution in [0.25, 0.3) is 33.5 Å². The minimum absolute atomic E-state index is 0.0132. The van der Waals surface area contributed by atoms with Gasteiger partial charge in [0.05, 0.1) is 22.7 Å². The normalized spacial score (nSPS) is 18.3. The van der Waals surface area contributed by atoms with Gasteiger partial charge in [-0.3, -0.25) is 5.10 Å². The van der Waals surface area contributed by atoms with E-state index < -0.39 is 0 Å². The molecule has 1 fully saturated rings. The first-order valence-electron chi connectivity index (χ1n) is 9.01. The summed E-state index contributed by atoms with van der Waals surface area (Å²) in [6.07, 6.45) is 0.985. The number of anilines is 1. The van der Waals surface area contributed by atoms with Crippen molar-refractivity contribution in [2.24, 2.45) is 0 Å². The highest BCUT2D eigenvalue weighted by Crippen LogP contribution is 2.29. The van der Waals surface area contributed by atoms with Crippen LogP contribution in [0.4, 0.5) is 5.69 Å². The second-order valence-corrected chi connectivity index (χ2v) is 7.28. The summed E-state index contributed by atoms with van der Waals surface area (Å²) in [7, 11) is 0. The van der Waals surface area contributed by atoms with Gasteiger partial charge in [-0.1, -0.05) is 11.6 Å². The van der Waals surface area contributed by atoms with Crippen molar-refractivity contribution in [1.82, 2.24) is 20.2 Å². The van der Waals surface area contributed by atoms with E-state index in [2.05, 4.69) is 39.1 Å². The van der Waals surface area contributed by atoms with Crippen LogP contribution in [0.5, 0.6) is 0 Å². The van der Waals surface area contributed by atoms with Gasteiger partial charge in [-0.15, -0.1) is 0 Å². The Bertz CT molecular complexity index is 1120. The van der Waals surface area contributed by atoms with Gasteiger partial charge in [0.2, 0.25) is 0 Å². The van der Waals surface area contributed by atoms with E-state index in [1.165, 1.54) is 0 Å². The molecule has 2 aromatic carbocycles. The fraction of sp³-hybridized carbons (Fsp3) is 0.250. The molecule has 2 aromatic heterocycles. The van der Waals surface area contributed by atoms with Crippen molar-refractivity contribution < 1.29 is 4.74 Å². The van der Waals surface area contributed by atoms with Crippen molar-refractivity contribution in [1.29, 1.82) is 0 Å². The molecule has 1 unspecified atom stereocenters. The lowest BCUT2D eigenvalue weighted by Crippen LogP contribution is -2.30. The molecule has 5 rings (SSSR count). The highest BCUT2D eigenvalue weighted by Gasteiger charge is 2.17. The molecule has 6 nitrogen and oxygen atoms in total. The number of aromatic amines is 2. The summed E-state index contributed by atoms with van der Waals surface area (Å²) >= 11 is 6.15. The van der Waals surface area contributed by atoms with Crippen molar-refractivity contribution in [2.75, 3.05) is 24.6 Å². The van der Waals surface area contributed by atoms with E-state index in [4.69, 9.17) is 21.3 Å². The SMILES string of the molecule is [CH2]C1CN(c2ccc3nc(-c4n[nH]c5ccc(Cl)cc45)[nH]c3c2)CCCO1. The lowest BCUT2D eigenvalue weighted by atomic mass is 10.2. The summed E-state index contributed by atoms with van der Waals surface area (Å²) in [5.74, 6) is 0.727. The first-order valence-corrected chi connectivity index (χ1v) is 9.38. The van der Waals surface area contributed by atoms with Gasteiger partial charge in [-0.2, -0.15) is 5.10 Å². The molecule has 1 radical (unpaired) electrons. The molecule has 1 aliphatic heterocycles. The molecule has 7 heteroatoms. The number of nitrogens with one attached hydrogen (secondary N) is 2. The van der Waals surface area contributed by atoms with Crippen LogP contribution in [-0.4, -0.2) is 46.0 Å². The molecule has 137 valence electrons. The van der Waals surface area contributed by atoms with E-state index in [0.717, 1.165) is 65.3 Å². The van der Waals surface area contributed by atoms with Crippen LogP contribution >= 0.6 is 11.6 Å². The van der Waals surface area contributed by atoms with Gasteiger partial charge in [0.1, 0.15) is 5.69 Å². The number of hydrogen-bond donors (Lipinski definition) is 2. The number of rotatable bonds is 2. The van der Waals surface area contributed by atoms with Gasteiger partial charge in [-0.05, 0) is 49.7 Å². The van der Waals surface area contributed by atoms with Crippen molar-refractivity contribution >= 4 is 39.2 Å². The minimum Gasteiger partial charge on any atom is -0.376 e. The monoisotopic (exact) mass is 380 g/mol. The smallest absolute Gasteiger partial charge is 0.159 e. The van der Waals surface area contributed by atoms with Crippen molar-refractivity contribution in [3.63, 3.8) is 0 Å². The Morgan fingerprint density at radius 1 is 1.19 bits per heavy atom. The summed E-state index contributed by atoms with van der Waals surface area (Å²) in [6, 6.07) is 11.9. The Hall–Kier alpha value is -2.57. The third-order valence-electron chi connectivity index (χ3n) is 4.93. The number of benzene rings is 2. The van der Waals surface area contributed by atoms with Crippen molar-refractivity contribution in [2.45, 2.75) is 12.5 Å². The fourth-order valence-corrected chi connectivity index (χ4v) is 3.78. The largest absolute Gasteiger partial charge is 0.376 e. The standard InChI is InChI=1S/C20H19ClN5O/c1-12-11-26(7-2-8-27-12)14-4-6-17-18(10-14)23-20(22-17)19-15-9-13(21)3-5-16(15)24-25-19/h3-6,9-10,12H,1-2,7-8,11H2,(H,22,23)(H,24,25). The third-order valence-corrected chi connectivity index (χ3v) is 5.16. The Balaban J connectivity index is 1.54. The molecule has 0 spiro atoms. The molecule has 0 amide bonds. The van der Waals surface area contributed by atoms with E-state index in [0.29, 0.717) is 5.02 Å². The number of imidazole rings is 1. The van der Waals surface area contributed by atoms with E-state index in [1.54, 1.807) is 0 Å². The number of ether oxygens (including phenoxy) is 1. The molecule has 1 aliphatic rings. The molecule has 0 saturated carbocycles. The van der Waals surface area contributed by atoms with E-state index >= 15 is 0 Å². The molecule has 3 heterocycles. The lowest BCUT2D eigenvalue weighted by Gasteiger charge is -2.24. The molecule has 2 N–H and O–H groups in total. The highest BCUT2D eigenvalue weighted by atomic mass is 35.5. The van der Waals surface area contributed by atoms with Crippen LogP contribution < -0.4 is 4.90 Å². The topological polar surface area (TPSA) is 69.8 Å². The van der Waals surface area contributed by atoms with Crippen LogP contribution in [0.15, 0.2) is 36.4 Å². The van der Waals surface area contributed by atoms with Gasteiger partial charge >= 0.3 is 0 Å². The first kappa shape index (κ1) is 16.6. The van der Waals surface area contributed by atoms with Crippen molar-refractivity contribution in [3.05, 3.63) is 48.3 Å². The number of nitrogens with zero attached hydrogens (tertiary/aromatic N) is 3. The average Bonchev–Trinajstić information content (AvgIpc) is 3.20. The second kappa shape index (κ2) is 6.55. The molecule has 4 aromatic rings. The molecule has 0 aliphatic carbocycles. The summed E-state index contributed by atoms with van der Waals surface area (Å²) < 4.78 is 5.65. The van der Waals surface area contributed by atoms with Crippen LogP contribution in [0.3, 0.4) is 0 Å². The third kappa shape index (κ3) is 3.05. The van der Waals surface area contributed by atoms with Crippen molar-refractivity contribution in [3.8, 4) is 11.5 Å². The number of fused-ring (bicyclic) bond motifs is 2. The van der Waals surface area contributed by atoms with Crippen LogP contribution in [-0.2, 0) is 4.74 Å². The van der Waals surface area contributed by atoms with Gasteiger partial charge in [0.25, 0.3) is 0 Å². The van der Waals surface area contributed by atoms with Crippen LogP contribution in [0, 0.1) is 6.92 Å². The average molecular weight is 381 g/mol. The van der Waals surface area contributed by atoms with E-state index in [-0.39, 0.29) is 6.10 Å². The maximum Gasteiger partial charge on any atom is 0.159 e. The summed E-state index contributed by atoms with van der Waals surface area (Å²) in [4.78, 5) is 10.4. The predicted molar refractivity (Wildman–Crippen MR) is 108 cm³/mol.